The second-order valence-electron chi connectivity index (χ2n) is 5.97. The number of rotatable bonds is 5. The van der Waals surface area contributed by atoms with Crippen LogP contribution in [0.1, 0.15) is 16.8 Å². The van der Waals surface area contributed by atoms with Crippen LogP contribution >= 0.6 is 11.3 Å². The Kier molecular flexibility index (Phi) is 6.25. The molecule has 1 aliphatic rings. The number of carbonyl (C=O) groups is 1. The number of alkyl halides is 3. The molecule has 2 heterocycles. The first kappa shape index (κ1) is 19.5. The molecule has 1 saturated heterocycles. The van der Waals surface area contributed by atoms with Gasteiger partial charge in [-0.05, 0) is 23.8 Å². The SMILES string of the molecule is O=C(/C=C/c1ccc(C(F)(F)F)cc1)Nc1nc(CN2CCOCC2)cs1. The Bertz CT molecular complexity index is 797. The van der Waals surface area contributed by atoms with Gasteiger partial charge in [0.15, 0.2) is 5.13 Å². The molecular formula is C18H18F3N3O2S. The van der Waals surface area contributed by atoms with Crippen LogP contribution in [0, 0.1) is 0 Å². The molecule has 1 amide bonds. The number of nitrogens with zero attached hydrogens (tertiary/aromatic N) is 2. The Balaban J connectivity index is 1.52. The standard InChI is InChI=1S/C18H18F3N3O2S/c19-18(20,21)14-4-1-13(2-5-14)3-6-16(25)23-17-22-15(12-27-17)11-24-7-9-26-10-8-24/h1-6,12H,7-11H2,(H,22,23,25)/b6-3+. The Morgan fingerprint density at radius 2 is 1.96 bits per heavy atom. The normalized spacial score (nSPS) is 16.0. The van der Waals surface area contributed by atoms with E-state index in [1.807, 2.05) is 5.38 Å². The molecular weight excluding hydrogens is 379 g/mol. The maximum absolute atomic E-state index is 12.5. The van der Waals surface area contributed by atoms with Gasteiger partial charge in [0.25, 0.3) is 0 Å². The fraction of sp³-hybridized carbons (Fsp3) is 0.333. The number of halogens is 3. The molecule has 1 aromatic carbocycles. The molecule has 2 aromatic rings. The van der Waals surface area contributed by atoms with Gasteiger partial charge in [0.05, 0.1) is 24.5 Å². The Hall–Kier alpha value is -2.23. The number of anilines is 1. The minimum Gasteiger partial charge on any atom is -0.379 e. The van der Waals surface area contributed by atoms with Crippen molar-refractivity contribution in [3.8, 4) is 0 Å². The van der Waals surface area contributed by atoms with Crippen LogP contribution in [0.2, 0.25) is 0 Å². The van der Waals surface area contributed by atoms with E-state index in [1.165, 1.54) is 35.6 Å². The smallest absolute Gasteiger partial charge is 0.379 e. The summed E-state index contributed by atoms with van der Waals surface area (Å²) in [7, 11) is 0. The van der Waals surface area contributed by atoms with Gasteiger partial charge in [0.2, 0.25) is 5.91 Å². The summed E-state index contributed by atoms with van der Waals surface area (Å²) >= 11 is 1.33. The highest BCUT2D eigenvalue weighted by Crippen LogP contribution is 2.29. The van der Waals surface area contributed by atoms with Crippen LogP contribution in [0.4, 0.5) is 18.3 Å². The summed E-state index contributed by atoms with van der Waals surface area (Å²) in [5.74, 6) is -0.387. The summed E-state index contributed by atoms with van der Waals surface area (Å²) in [4.78, 5) is 18.6. The van der Waals surface area contributed by atoms with Crippen molar-refractivity contribution in [2.24, 2.45) is 0 Å². The highest BCUT2D eigenvalue weighted by Gasteiger charge is 2.29. The fourth-order valence-electron chi connectivity index (χ4n) is 2.53. The van der Waals surface area contributed by atoms with Crippen molar-refractivity contribution in [3.05, 3.63) is 52.5 Å². The fourth-order valence-corrected chi connectivity index (χ4v) is 3.23. The number of nitrogens with one attached hydrogen (secondary N) is 1. The molecule has 0 bridgehead atoms. The lowest BCUT2D eigenvalue weighted by atomic mass is 10.1. The maximum Gasteiger partial charge on any atom is 0.416 e. The van der Waals surface area contributed by atoms with Gasteiger partial charge in [0.1, 0.15) is 0 Å². The van der Waals surface area contributed by atoms with Gasteiger partial charge in [-0.25, -0.2) is 4.98 Å². The zero-order valence-corrected chi connectivity index (χ0v) is 15.1. The summed E-state index contributed by atoms with van der Waals surface area (Å²) in [6, 6.07) is 4.60. The minimum atomic E-state index is -4.37. The molecule has 27 heavy (non-hydrogen) atoms. The van der Waals surface area contributed by atoms with E-state index in [9.17, 15) is 18.0 Å². The molecule has 0 unspecified atom stereocenters. The minimum absolute atomic E-state index is 0.387. The lowest BCUT2D eigenvalue weighted by molar-refractivity contribution is -0.137. The van der Waals surface area contributed by atoms with Crippen LogP contribution in [0.15, 0.2) is 35.7 Å². The quantitative estimate of drug-likeness (QED) is 0.783. The summed E-state index contributed by atoms with van der Waals surface area (Å²) in [5, 5.41) is 5.04. The van der Waals surface area contributed by atoms with E-state index in [2.05, 4.69) is 15.2 Å². The van der Waals surface area contributed by atoms with Crippen molar-refractivity contribution in [1.29, 1.82) is 0 Å². The Morgan fingerprint density at radius 3 is 2.63 bits per heavy atom. The molecule has 144 valence electrons. The molecule has 0 radical (unpaired) electrons. The van der Waals surface area contributed by atoms with Crippen LogP contribution in [0.5, 0.6) is 0 Å². The number of benzene rings is 1. The largest absolute Gasteiger partial charge is 0.416 e. The van der Waals surface area contributed by atoms with Gasteiger partial charge < -0.3 is 4.74 Å². The molecule has 5 nitrogen and oxygen atoms in total. The van der Waals surface area contributed by atoms with Crippen molar-refractivity contribution in [2.75, 3.05) is 31.6 Å². The van der Waals surface area contributed by atoms with Crippen LogP contribution in [0.25, 0.3) is 6.08 Å². The van der Waals surface area contributed by atoms with Gasteiger partial charge in [0, 0.05) is 31.1 Å². The number of hydrogen-bond donors (Lipinski definition) is 1. The van der Waals surface area contributed by atoms with Crippen LogP contribution in [-0.4, -0.2) is 42.1 Å². The van der Waals surface area contributed by atoms with Gasteiger partial charge in [-0.3, -0.25) is 15.0 Å². The Morgan fingerprint density at radius 1 is 1.26 bits per heavy atom. The molecule has 0 aliphatic carbocycles. The number of morpholine rings is 1. The van der Waals surface area contributed by atoms with E-state index in [0.717, 1.165) is 30.9 Å². The van der Waals surface area contributed by atoms with E-state index in [0.29, 0.717) is 30.5 Å². The van der Waals surface area contributed by atoms with Gasteiger partial charge in [-0.1, -0.05) is 12.1 Å². The monoisotopic (exact) mass is 397 g/mol. The molecule has 1 aromatic heterocycles. The van der Waals surface area contributed by atoms with Gasteiger partial charge in [-0.2, -0.15) is 13.2 Å². The van der Waals surface area contributed by atoms with Crippen molar-refractivity contribution in [3.63, 3.8) is 0 Å². The van der Waals surface area contributed by atoms with Crippen LogP contribution in [-0.2, 0) is 22.3 Å². The molecule has 0 saturated carbocycles. The first-order valence-electron chi connectivity index (χ1n) is 8.31. The predicted octanol–water partition coefficient (Wildman–Crippen LogP) is 3.65. The number of ether oxygens (including phenoxy) is 1. The third-order valence-electron chi connectivity index (χ3n) is 3.94. The summed E-state index contributed by atoms with van der Waals surface area (Å²) in [6.07, 6.45) is -1.65. The van der Waals surface area contributed by atoms with E-state index in [1.54, 1.807) is 0 Å². The number of aromatic nitrogens is 1. The molecule has 9 heteroatoms. The lowest BCUT2D eigenvalue weighted by Crippen LogP contribution is -2.35. The zero-order valence-electron chi connectivity index (χ0n) is 14.3. The lowest BCUT2D eigenvalue weighted by Gasteiger charge is -2.25. The van der Waals surface area contributed by atoms with Gasteiger partial charge >= 0.3 is 6.18 Å². The second-order valence-corrected chi connectivity index (χ2v) is 6.83. The molecule has 1 aliphatic heterocycles. The highest BCUT2D eigenvalue weighted by atomic mass is 32.1. The predicted molar refractivity (Wildman–Crippen MR) is 97.3 cm³/mol. The van der Waals surface area contributed by atoms with E-state index in [4.69, 9.17) is 4.74 Å². The summed E-state index contributed by atoms with van der Waals surface area (Å²) < 4.78 is 42.9. The van der Waals surface area contributed by atoms with E-state index < -0.39 is 11.7 Å². The average Bonchev–Trinajstić information content (AvgIpc) is 3.07. The van der Waals surface area contributed by atoms with Gasteiger partial charge in [-0.15, -0.1) is 11.3 Å². The first-order valence-corrected chi connectivity index (χ1v) is 9.19. The molecule has 1 fully saturated rings. The second kappa shape index (κ2) is 8.64. The third-order valence-corrected chi connectivity index (χ3v) is 4.74. The van der Waals surface area contributed by atoms with Crippen LogP contribution in [0.3, 0.4) is 0 Å². The van der Waals surface area contributed by atoms with Crippen LogP contribution < -0.4 is 5.32 Å². The number of amides is 1. The van der Waals surface area contributed by atoms with Crippen molar-refractivity contribution >= 4 is 28.5 Å². The molecule has 0 spiro atoms. The summed E-state index contributed by atoms with van der Waals surface area (Å²) in [6.45, 7) is 3.84. The summed E-state index contributed by atoms with van der Waals surface area (Å²) in [5.41, 5.74) is 0.661. The zero-order chi connectivity index (χ0) is 19.3. The topological polar surface area (TPSA) is 54.5 Å². The highest BCUT2D eigenvalue weighted by molar-refractivity contribution is 7.13. The van der Waals surface area contributed by atoms with E-state index in [-0.39, 0.29) is 5.91 Å². The maximum atomic E-state index is 12.5. The number of hydrogen-bond acceptors (Lipinski definition) is 5. The van der Waals surface area contributed by atoms with Crippen molar-refractivity contribution < 1.29 is 22.7 Å². The molecule has 1 N–H and O–H groups in total. The third kappa shape index (κ3) is 5.88. The molecule has 3 rings (SSSR count). The Labute approximate surface area is 158 Å². The average molecular weight is 397 g/mol. The van der Waals surface area contributed by atoms with Crippen molar-refractivity contribution in [1.82, 2.24) is 9.88 Å². The number of thiazole rings is 1. The van der Waals surface area contributed by atoms with Crippen molar-refractivity contribution in [2.45, 2.75) is 12.7 Å². The number of carbonyl (C=O) groups excluding carboxylic acids is 1. The van der Waals surface area contributed by atoms with E-state index >= 15 is 0 Å². The first-order chi connectivity index (χ1) is 12.9. The molecule has 0 atom stereocenters.